The molecule has 0 bridgehead atoms. The van der Waals surface area contributed by atoms with Crippen LogP contribution in [0.25, 0.3) is 0 Å². The van der Waals surface area contributed by atoms with Gasteiger partial charge in [0.2, 0.25) is 10.0 Å². The predicted molar refractivity (Wildman–Crippen MR) is 99.5 cm³/mol. The summed E-state index contributed by atoms with van der Waals surface area (Å²) in [5, 5.41) is 3.73. The van der Waals surface area contributed by atoms with Crippen LogP contribution in [0.15, 0.2) is 42.5 Å². The summed E-state index contributed by atoms with van der Waals surface area (Å²) in [6.07, 6.45) is 1.73. The summed E-state index contributed by atoms with van der Waals surface area (Å²) < 4.78 is 25.6. The van der Waals surface area contributed by atoms with E-state index in [1.54, 1.807) is 31.2 Å². The first-order valence-corrected chi connectivity index (χ1v) is 10.1. The average molecular weight is 379 g/mol. The second-order valence-corrected chi connectivity index (χ2v) is 8.44. The van der Waals surface area contributed by atoms with Crippen molar-refractivity contribution in [3.05, 3.63) is 64.2 Å². The van der Waals surface area contributed by atoms with Crippen LogP contribution in [-0.2, 0) is 16.4 Å². The fourth-order valence-corrected chi connectivity index (χ4v) is 3.75. The zero-order chi connectivity index (χ0) is 18.0. The lowest BCUT2D eigenvalue weighted by Gasteiger charge is -2.14. The monoisotopic (exact) mass is 378 g/mol. The third-order valence-electron chi connectivity index (χ3n) is 4.29. The van der Waals surface area contributed by atoms with Gasteiger partial charge in [0.1, 0.15) is 0 Å². The number of benzene rings is 2. The Bertz CT molecular complexity index is 895. The molecule has 0 unspecified atom stereocenters. The Morgan fingerprint density at radius 2 is 1.92 bits per heavy atom. The number of hydrogen-bond donors (Lipinski definition) is 2. The molecule has 2 aromatic carbocycles. The van der Waals surface area contributed by atoms with E-state index in [1.165, 1.54) is 5.56 Å². The Labute approximate surface area is 152 Å². The molecule has 2 aromatic rings. The number of amides is 1. The molecule has 3 rings (SSSR count). The second-order valence-electron chi connectivity index (χ2n) is 5.99. The third kappa shape index (κ3) is 4.14. The summed E-state index contributed by atoms with van der Waals surface area (Å²) in [7, 11) is -3.32. The Morgan fingerprint density at radius 3 is 2.60 bits per heavy atom. The van der Waals surface area contributed by atoms with Crippen molar-refractivity contribution in [3.8, 4) is 0 Å². The number of halogens is 1. The lowest BCUT2D eigenvalue weighted by molar-refractivity contribution is 0.0936. The van der Waals surface area contributed by atoms with E-state index in [1.807, 2.05) is 18.2 Å². The van der Waals surface area contributed by atoms with Crippen LogP contribution >= 0.6 is 11.6 Å². The maximum absolute atomic E-state index is 12.5. The molecule has 7 heteroatoms. The van der Waals surface area contributed by atoms with Gasteiger partial charge in [-0.05, 0) is 67.3 Å². The highest BCUT2D eigenvalue weighted by Gasteiger charge is 2.24. The maximum Gasteiger partial charge on any atom is 0.251 e. The summed E-state index contributed by atoms with van der Waals surface area (Å²) in [6, 6.07) is 12.1. The van der Waals surface area contributed by atoms with E-state index in [-0.39, 0.29) is 17.7 Å². The number of rotatable bonds is 5. The number of aryl methyl sites for hydroxylation is 1. The molecule has 132 valence electrons. The summed E-state index contributed by atoms with van der Waals surface area (Å²) >= 11 is 6.01. The highest BCUT2D eigenvalue weighted by molar-refractivity contribution is 7.92. The number of fused-ring (bicyclic) bond motifs is 1. The molecular weight excluding hydrogens is 360 g/mol. The van der Waals surface area contributed by atoms with Crippen LogP contribution in [0.5, 0.6) is 0 Å². The van der Waals surface area contributed by atoms with Crippen molar-refractivity contribution in [3.63, 3.8) is 0 Å². The SMILES string of the molecule is CCS(=O)(=O)Nc1ccc(C(=O)N[C@H]2CCc3cc(Cl)ccc32)cc1. The predicted octanol–water partition coefficient (Wildman–Crippen LogP) is 3.52. The van der Waals surface area contributed by atoms with Gasteiger partial charge in [-0.15, -0.1) is 0 Å². The number of hydrogen-bond acceptors (Lipinski definition) is 3. The van der Waals surface area contributed by atoms with Gasteiger partial charge in [-0.1, -0.05) is 17.7 Å². The van der Waals surface area contributed by atoms with Crippen molar-refractivity contribution in [2.45, 2.75) is 25.8 Å². The van der Waals surface area contributed by atoms with E-state index in [0.29, 0.717) is 16.3 Å². The van der Waals surface area contributed by atoms with E-state index in [0.717, 1.165) is 18.4 Å². The standard InChI is InChI=1S/C18H19ClN2O3S/c1-2-25(23,24)21-15-7-3-12(4-8-15)18(22)20-17-10-5-13-11-14(19)6-9-16(13)17/h3-4,6-9,11,17,21H,2,5,10H2,1H3,(H,20,22)/t17-/m0/s1. The summed E-state index contributed by atoms with van der Waals surface area (Å²) in [5.41, 5.74) is 3.20. The largest absolute Gasteiger partial charge is 0.345 e. The zero-order valence-corrected chi connectivity index (χ0v) is 15.3. The van der Waals surface area contributed by atoms with Crippen LogP contribution < -0.4 is 10.0 Å². The highest BCUT2D eigenvalue weighted by Crippen LogP contribution is 2.33. The van der Waals surface area contributed by atoms with Crippen molar-refractivity contribution in [2.75, 3.05) is 10.5 Å². The van der Waals surface area contributed by atoms with Crippen LogP contribution in [0.3, 0.4) is 0 Å². The van der Waals surface area contributed by atoms with Crippen molar-refractivity contribution < 1.29 is 13.2 Å². The van der Waals surface area contributed by atoms with Gasteiger partial charge in [-0.3, -0.25) is 9.52 Å². The average Bonchev–Trinajstić information content (AvgIpc) is 2.97. The molecular formula is C18H19ClN2O3S. The molecule has 2 N–H and O–H groups in total. The molecule has 0 aromatic heterocycles. The quantitative estimate of drug-likeness (QED) is 0.835. The van der Waals surface area contributed by atoms with E-state index in [2.05, 4.69) is 10.0 Å². The summed E-state index contributed by atoms with van der Waals surface area (Å²) in [5.74, 6) is -0.182. The molecule has 1 aliphatic carbocycles. The zero-order valence-electron chi connectivity index (χ0n) is 13.8. The molecule has 0 saturated heterocycles. The molecule has 0 radical (unpaired) electrons. The van der Waals surface area contributed by atoms with Crippen LogP contribution in [-0.4, -0.2) is 20.1 Å². The summed E-state index contributed by atoms with van der Waals surface area (Å²) in [6.45, 7) is 1.57. The minimum atomic E-state index is -3.32. The van der Waals surface area contributed by atoms with Crippen molar-refractivity contribution in [1.82, 2.24) is 5.32 Å². The molecule has 0 saturated carbocycles. The van der Waals surface area contributed by atoms with E-state index < -0.39 is 10.0 Å². The Kier molecular flexibility index (Phi) is 5.01. The van der Waals surface area contributed by atoms with Crippen LogP contribution in [0.2, 0.25) is 5.02 Å². The van der Waals surface area contributed by atoms with Gasteiger partial charge in [0.25, 0.3) is 5.91 Å². The Morgan fingerprint density at radius 1 is 1.20 bits per heavy atom. The fourth-order valence-electron chi connectivity index (χ4n) is 2.92. The molecule has 1 atom stereocenters. The summed E-state index contributed by atoms with van der Waals surface area (Å²) in [4.78, 5) is 12.5. The van der Waals surface area contributed by atoms with Gasteiger partial charge in [0, 0.05) is 16.3 Å². The minimum Gasteiger partial charge on any atom is -0.345 e. The molecule has 1 aliphatic rings. The van der Waals surface area contributed by atoms with E-state index in [4.69, 9.17) is 11.6 Å². The number of carbonyl (C=O) groups is 1. The topological polar surface area (TPSA) is 75.3 Å². The molecule has 0 aliphatic heterocycles. The van der Waals surface area contributed by atoms with E-state index in [9.17, 15) is 13.2 Å². The molecule has 0 spiro atoms. The van der Waals surface area contributed by atoms with Crippen molar-refractivity contribution in [2.24, 2.45) is 0 Å². The van der Waals surface area contributed by atoms with Gasteiger partial charge in [0.05, 0.1) is 11.8 Å². The van der Waals surface area contributed by atoms with Gasteiger partial charge in [-0.25, -0.2) is 8.42 Å². The highest BCUT2D eigenvalue weighted by atomic mass is 35.5. The first-order valence-electron chi connectivity index (χ1n) is 8.07. The number of sulfonamides is 1. The fraction of sp³-hybridized carbons (Fsp3) is 0.278. The molecule has 0 fully saturated rings. The normalized spacial score (nSPS) is 16.3. The first kappa shape index (κ1) is 17.8. The Hall–Kier alpha value is -2.05. The van der Waals surface area contributed by atoms with E-state index >= 15 is 0 Å². The minimum absolute atomic E-state index is 0.000340. The maximum atomic E-state index is 12.5. The number of nitrogens with one attached hydrogen (secondary N) is 2. The van der Waals surface area contributed by atoms with Crippen LogP contribution in [0, 0.1) is 0 Å². The van der Waals surface area contributed by atoms with Gasteiger partial charge >= 0.3 is 0 Å². The molecule has 5 nitrogen and oxygen atoms in total. The molecule has 25 heavy (non-hydrogen) atoms. The lowest BCUT2D eigenvalue weighted by Crippen LogP contribution is -2.27. The van der Waals surface area contributed by atoms with Gasteiger partial charge < -0.3 is 5.32 Å². The smallest absolute Gasteiger partial charge is 0.251 e. The van der Waals surface area contributed by atoms with Gasteiger partial charge in [-0.2, -0.15) is 0 Å². The van der Waals surface area contributed by atoms with Crippen molar-refractivity contribution in [1.29, 1.82) is 0 Å². The first-order chi connectivity index (χ1) is 11.9. The van der Waals surface area contributed by atoms with Crippen molar-refractivity contribution >= 4 is 33.2 Å². The number of carbonyl (C=O) groups excluding carboxylic acids is 1. The molecule has 0 heterocycles. The van der Waals surface area contributed by atoms with Gasteiger partial charge in [0.15, 0.2) is 0 Å². The number of anilines is 1. The third-order valence-corrected chi connectivity index (χ3v) is 5.83. The second kappa shape index (κ2) is 7.06. The molecule has 1 amide bonds. The Balaban J connectivity index is 1.69. The van der Waals surface area contributed by atoms with Crippen LogP contribution in [0.1, 0.15) is 40.9 Å². The lowest BCUT2D eigenvalue weighted by atomic mass is 10.1. The van der Waals surface area contributed by atoms with Crippen LogP contribution in [0.4, 0.5) is 5.69 Å².